The minimum atomic E-state index is 0.752. The maximum atomic E-state index is 5.15. The Labute approximate surface area is 116 Å². The summed E-state index contributed by atoms with van der Waals surface area (Å²) in [6.07, 6.45) is 0. The first-order valence-electron chi connectivity index (χ1n) is 6.72. The molecule has 1 N–H and O–H groups in total. The fraction of sp³-hybridized carbons (Fsp3) is 0.600. The predicted octanol–water partition coefficient (Wildman–Crippen LogP) is 1.50. The van der Waals surface area contributed by atoms with Gasteiger partial charge < -0.3 is 14.8 Å². The summed E-state index contributed by atoms with van der Waals surface area (Å²) in [5.41, 5.74) is 2.64. The largest absolute Gasteiger partial charge is 0.383 e. The van der Waals surface area contributed by atoms with Crippen LogP contribution in [0.4, 0.5) is 0 Å². The Morgan fingerprint density at radius 2 is 1.47 bits per heavy atom. The van der Waals surface area contributed by atoms with Gasteiger partial charge in [0.1, 0.15) is 0 Å². The van der Waals surface area contributed by atoms with E-state index in [2.05, 4.69) is 34.5 Å². The fourth-order valence-electron chi connectivity index (χ4n) is 1.94. The molecular formula is C15H26N2O2. The van der Waals surface area contributed by atoms with Crippen molar-refractivity contribution in [2.24, 2.45) is 0 Å². The molecule has 108 valence electrons. The normalized spacial score (nSPS) is 11.2. The van der Waals surface area contributed by atoms with Gasteiger partial charge in [-0.25, -0.2) is 0 Å². The van der Waals surface area contributed by atoms with E-state index >= 15 is 0 Å². The molecular weight excluding hydrogens is 240 g/mol. The molecule has 0 unspecified atom stereocenters. The van der Waals surface area contributed by atoms with Crippen LogP contribution in [0.25, 0.3) is 0 Å². The molecule has 0 aliphatic carbocycles. The van der Waals surface area contributed by atoms with E-state index in [4.69, 9.17) is 9.47 Å². The molecule has 0 bridgehead atoms. The third kappa shape index (κ3) is 6.68. The Morgan fingerprint density at radius 1 is 0.947 bits per heavy atom. The highest BCUT2D eigenvalue weighted by Gasteiger charge is 2.05. The number of hydrogen-bond donors (Lipinski definition) is 1. The van der Waals surface area contributed by atoms with Gasteiger partial charge in [-0.15, -0.1) is 0 Å². The summed E-state index contributed by atoms with van der Waals surface area (Å²) in [6, 6.07) is 8.74. The van der Waals surface area contributed by atoms with Gasteiger partial charge in [-0.1, -0.05) is 24.3 Å². The van der Waals surface area contributed by atoms with Crippen LogP contribution in [-0.4, -0.2) is 52.5 Å². The summed E-state index contributed by atoms with van der Waals surface area (Å²) >= 11 is 0. The lowest BCUT2D eigenvalue weighted by molar-refractivity contribution is 0.110. The van der Waals surface area contributed by atoms with E-state index in [-0.39, 0.29) is 0 Å². The van der Waals surface area contributed by atoms with E-state index in [1.807, 2.05) is 7.05 Å². The Hall–Kier alpha value is -0.940. The molecule has 0 saturated heterocycles. The zero-order chi connectivity index (χ0) is 13.9. The highest BCUT2D eigenvalue weighted by Crippen LogP contribution is 2.07. The molecule has 0 fully saturated rings. The Kier molecular flexibility index (Phi) is 8.41. The van der Waals surface area contributed by atoms with Crippen molar-refractivity contribution in [2.45, 2.75) is 13.1 Å². The smallest absolute Gasteiger partial charge is 0.0589 e. The third-order valence-electron chi connectivity index (χ3n) is 3.03. The van der Waals surface area contributed by atoms with E-state index in [1.165, 1.54) is 11.1 Å². The van der Waals surface area contributed by atoms with Crippen LogP contribution < -0.4 is 5.32 Å². The molecule has 4 nitrogen and oxygen atoms in total. The summed E-state index contributed by atoms with van der Waals surface area (Å²) in [7, 11) is 5.44. The number of nitrogens with zero attached hydrogens (tertiary/aromatic N) is 1. The van der Waals surface area contributed by atoms with Gasteiger partial charge >= 0.3 is 0 Å². The van der Waals surface area contributed by atoms with Crippen molar-refractivity contribution >= 4 is 0 Å². The SMILES string of the molecule is CNCc1ccc(CN(CCOC)CCOC)cc1. The molecule has 0 radical (unpaired) electrons. The molecule has 0 spiro atoms. The van der Waals surface area contributed by atoms with Crippen LogP contribution in [0.2, 0.25) is 0 Å². The van der Waals surface area contributed by atoms with Crippen LogP contribution >= 0.6 is 0 Å². The molecule has 1 aromatic rings. The highest BCUT2D eigenvalue weighted by molar-refractivity contribution is 5.22. The van der Waals surface area contributed by atoms with Gasteiger partial charge in [0.05, 0.1) is 13.2 Å². The van der Waals surface area contributed by atoms with Gasteiger partial charge in [-0.3, -0.25) is 4.90 Å². The molecule has 1 aromatic carbocycles. The predicted molar refractivity (Wildman–Crippen MR) is 78.2 cm³/mol. The van der Waals surface area contributed by atoms with Gasteiger partial charge in [0.25, 0.3) is 0 Å². The van der Waals surface area contributed by atoms with Crippen molar-refractivity contribution in [1.82, 2.24) is 10.2 Å². The van der Waals surface area contributed by atoms with E-state index in [1.54, 1.807) is 14.2 Å². The summed E-state index contributed by atoms with van der Waals surface area (Å²) in [5, 5.41) is 3.16. The maximum Gasteiger partial charge on any atom is 0.0589 e. The van der Waals surface area contributed by atoms with Crippen LogP contribution in [0.15, 0.2) is 24.3 Å². The van der Waals surface area contributed by atoms with Crippen molar-refractivity contribution in [3.8, 4) is 0 Å². The summed E-state index contributed by atoms with van der Waals surface area (Å²) in [5.74, 6) is 0. The van der Waals surface area contributed by atoms with Crippen LogP contribution in [0.3, 0.4) is 0 Å². The van der Waals surface area contributed by atoms with Crippen molar-refractivity contribution in [2.75, 3.05) is 47.6 Å². The molecule has 0 heterocycles. The minimum absolute atomic E-state index is 0.752. The van der Waals surface area contributed by atoms with E-state index in [9.17, 15) is 0 Å². The number of hydrogen-bond acceptors (Lipinski definition) is 4. The first-order chi connectivity index (χ1) is 9.30. The molecule has 0 aliphatic rings. The second-order valence-electron chi connectivity index (χ2n) is 4.61. The Morgan fingerprint density at radius 3 is 1.95 bits per heavy atom. The van der Waals surface area contributed by atoms with Gasteiger partial charge in [0, 0.05) is 40.4 Å². The first kappa shape index (κ1) is 16.1. The van der Waals surface area contributed by atoms with E-state index in [0.717, 1.165) is 39.4 Å². The molecule has 0 aromatic heterocycles. The summed E-state index contributed by atoms with van der Waals surface area (Å²) < 4.78 is 10.3. The second kappa shape index (κ2) is 9.92. The minimum Gasteiger partial charge on any atom is -0.383 e. The number of rotatable bonds is 10. The topological polar surface area (TPSA) is 33.7 Å². The molecule has 0 aliphatic heterocycles. The van der Waals surface area contributed by atoms with Crippen LogP contribution in [0.1, 0.15) is 11.1 Å². The van der Waals surface area contributed by atoms with Crippen LogP contribution in [-0.2, 0) is 22.6 Å². The van der Waals surface area contributed by atoms with Crippen molar-refractivity contribution in [1.29, 1.82) is 0 Å². The average Bonchev–Trinajstić information content (AvgIpc) is 2.44. The van der Waals surface area contributed by atoms with Gasteiger partial charge in [0.2, 0.25) is 0 Å². The zero-order valence-corrected chi connectivity index (χ0v) is 12.3. The van der Waals surface area contributed by atoms with Crippen molar-refractivity contribution < 1.29 is 9.47 Å². The molecule has 0 amide bonds. The van der Waals surface area contributed by atoms with Crippen molar-refractivity contribution in [3.05, 3.63) is 35.4 Å². The Bertz CT molecular complexity index is 319. The van der Waals surface area contributed by atoms with Crippen LogP contribution in [0, 0.1) is 0 Å². The van der Waals surface area contributed by atoms with Gasteiger partial charge in [-0.2, -0.15) is 0 Å². The second-order valence-corrected chi connectivity index (χ2v) is 4.61. The molecule has 0 saturated carbocycles. The summed E-state index contributed by atoms with van der Waals surface area (Å²) in [4.78, 5) is 2.35. The first-order valence-corrected chi connectivity index (χ1v) is 6.72. The Balaban J connectivity index is 2.51. The van der Waals surface area contributed by atoms with Crippen molar-refractivity contribution in [3.63, 3.8) is 0 Å². The van der Waals surface area contributed by atoms with Crippen LogP contribution in [0.5, 0.6) is 0 Å². The summed E-state index contributed by atoms with van der Waals surface area (Å²) in [6.45, 7) is 5.21. The number of benzene rings is 1. The monoisotopic (exact) mass is 266 g/mol. The maximum absolute atomic E-state index is 5.15. The van der Waals surface area contributed by atoms with Gasteiger partial charge in [0.15, 0.2) is 0 Å². The lowest BCUT2D eigenvalue weighted by Gasteiger charge is -2.21. The molecule has 4 heteroatoms. The lowest BCUT2D eigenvalue weighted by atomic mass is 10.1. The fourth-order valence-corrected chi connectivity index (χ4v) is 1.94. The molecule has 1 rings (SSSR count). The van der Waals surface area contributed by atoms with E-state index < -0.39 is 0 Å². The van der Waals surface area contributed by atoms with E-state index in [0.29, 0.717) is 0 Å². The molecule has 19 heavy (non-hydrogen) atoms. The quantitative estimate of drug-likeness (QED) is 0.696. The lowest BCUT2D eigenvalue weighted by Crippen LogP contribution is -2.30. The number of methoxy groups -OCH3 is 2. The zero-order valence-electron chi connectivity index (χ0n) is 12.3. The number of ether oxygens (including phenoxy) is 2. The highest BCUT2D eigenvalue weighted by atomic mass is 16.5. The average molecular weight is 266 g/mol. The third-order valence-corrected chi connectivity index (χ3v) is 3.03. The molecule has 0 atom stereocenters. The number of nitrogens with one attached hydrogen (secondary N) is 1. The van der Waals surface area contributed by atoms with Gasteiger partial charge in [-0.05, 0) is 18.2 Å². The standard InChI is InChI=1S/C15H26N2O2/c1-16-12-14-4-6-15(7-5-14)13-17(8-10-18-2)9-11-19-3/h4-7,16H,8-13H2,1-3H3.